The number of rotatable bonds is 9. The van der Waals surface area contributed by atoms with Gasteiger partial charge >= 0.3 is 10.2 Å². The molecule has 0 unspecified atom stereocenters. The summed E-state index contributed by atoms with van der Waals surface area (Å²) in [7, 11) is -2.85. The number of pyridine rings is 1. The number of halogens is 3. The zero-order valence-electron chi connectivity index (χ0n) is 20.9. The topological polar surface area (TPSA) is 96.2 Å². The third-order valence-corrected chi connectivity index (χ3v) is 8.51. The maximum atomic E-state index is 16.0. The highest BCUT2D eigenvalue weighted by atomic mass is 32.2. The van der Waals surface area contributed by atoms with Gasteiger partial charge in [0.15, 0.2) is 5.82 Å². The number of hydrogen-bond acceptors (Lipinski definition) is 6. The molecule has 38 heavy (non-hydrogen) atoms. The zero-order chi connectivity index (χ0) is 27.2. The van der Waals surface area contributed by atoms with Crippen molar-refractivity contribution in [3.63, 3.8) is 0 Å². The number of amides is 1. The van der Waals surface area contributed by atoms with Crippen molar-refractivity contribution in [3.05, 3.63) is 59.4 Å². The van der Waals surface area contributed by atoms with Gasteiger partial charge in [-0.15, -0.1) is 0 Å². The fourth-order valence-corrected chi connectivity index (χ4v) is 5.43. The highest BCUT2D eigenvalue weighted by Crippen LogP contribution is 2.43. The van der Waals surface area contributed by atoms with Gasteiger partial charge in [0.2, 0.25) is 0 Å². The molecule has 9 nitrogen and oxygen atoms in total. The lowest BCUT2D eigenvalue weighted by Gasteiger charge is -2.28. The predicted molar refractivity (Wildman–Crippen MR) is 134 cm³/mol. The van der Waals surface area contributed by atoms with Crippen LogP contribution in [-0.4, -0.2) is 61.2 Å². The van der Waals surface area contributed by atoms with Crippen LogP contribution in [0.2, 0.25) is 0 Å². The van der Waals surface area contributed by atoms with Gasteiger partial charge in [-0.2, -0.15) is 17.8 Å². The second-order valence-electron chi connectivity index (χ2n) is 9.65. The summed E-state index contributed by atoms with van der Waals surface area (Å²) in [5.41, 5.74) is -0.183. The molecule has 0 bridgehead atoms. The first kappa shape index (κ1) is 26.3. The average molecular weight is 552 g/mol. The molecule has 1 amide bonds. The van der Waals surface area contributed by atoms with Gasteiger partial charge < -0.3 is 9.64 Å². The molecular weight excluding hydrogens is 523 g/mol. The molecule has 1 saturated heterocycles. The molecule has 2 atom stereocenters. The SMILES string of the molecule is CCN(C)S(=O)(=O)NC(=O)c1cnn2ccc(N3C[C@@H](F)C[C@@H]3c3cc(F)ccc3OCC3CC3)c(F)c12. The number of anilines is 1. The smallest absolute Gasteiger partial charge is 0.303 e. The molecule has 1 N–H and O–H groups in total. The van der Waals surface area contributed by atoms with Crippen molar-refractivity contribution in [3.8, 4) is 5.75 Å². The predicted octanol–water partition coefficient (Wildman–Crippen LogP) is 3.62. The summed E-state index contributed by atoms with van der Waals surface area (Å²) in [5.74, 6) is -1.61. The van der Waals surface area contributed by atoms with Crippen LogP contribution < -0.4 is 14.4 Å². The van der Waals surface area contributed by atoms with Crippen LogP contribution in [0.15, 0.2) is 36.7 Å². The molecular formula is C25H28F3N5O4S. The summed E-state index contributed by atoms with van der Waals surface area (Å²) in [5, 5.41) is 3.97. The van der Waals surface area contributed by atoms with E-state index >= 15 is 4.39 Å². The Morgan fingerprint density at radius 2 is 2.03 bits per heavy atom. The van der Waals surface area contributed by atoms with E-state index in [4.69, 9.17) is 4.74 Å². The van der Waals surface area contributed by atoms with E-state index in [1.54, 1.807) is 6.92 Å². The fraction of sp³-hybridized carbons (Fsp3) is 0.440. The third kappa shape index (κ3) is 5.04. The van der Waals surface area contributed by atoms with E-state index < -0.39 is 40.0 Å². The Labute approximate surface area is 218 Å². The second-order valence-corrected chi connectivity index (χ2v) is 11.4. The number of alkyl halides is 1. The molecule has 1 aliphatic carbocycles. The van der Waals surface area contributed by atoms with Crippen LogP contribution in [0.4, 0.5) is 18.9 Å². The highest BCUT2D eigenvalue weighted by molar-refractivity contribution is 7.87. The number of ether oxygens (including phenoxy) is 1. The standard InChI is InChI=1S/C25H28F3N5O4S/c1-3-31(2)38(35,36)30-25(34)19-12-29-33-9-8-20(23(28)24(19)33)32-13-17(27)11-21(32)18-10-16(26)6-7-22(18)37-14-15-4-5-15/h6-10,12,15,17,21H,3-5,11,13-14H2,1-2H3,(H,30,34)/t17-,21+/m0/s1. The van der Waals surface area contributed by atoms with Gasteiger partial charge in [0, 0.05) is 38.3 Å². The van der Waals surface area contributed by atoms with Crippen LogP contribution in [0, 0.1) is 17.6 Å². The zero-order valence-corrected chi connectivity index (χ0v) is 21.7. The Morgan fingerprint density at radius 3 is 2.74 bits per heavy atom. The van der Waals surface area contributed by atoms with Gasteiger partial charge in [0.1, 0.15) is 23.3 Å². The number of nitrogens with zero attached hydrogens (tertiary/aromatic N) is 4. The van der Waals surface area contributed by atoms with E-state index in [0.717, 1.165) is 27.9 Å². The molecule has 2 fully saturated rings. The normalized spacial score (nSPS) is 19.9. The van der Waals surface area contributed by atoms with Gasteiger partial charge in [-0.25, -0.2) is 22.4 Å². The number of aromatic nitrogens is 2. The number of fused-ring (bicyclic) bond motifs is 1. The van der Waals surface area contributed by atoms with E-state index in [1.165, 1.54) is 42.4 Å². The molecule has 0 spiro atoms. The maximum Gasteiger partial charge on any atom is 0.303 e. The Morgan fingerprint density at radius 1 is 1.26 bits per heavy atom. The van der Waals surface area contributed by atoms with Crippen molar-refractivity contribution in [1.29, 1.82) is 0 Å². The third-order valence-electron chi connectivity index (χ3n) is 6.99. The van der Waals surface area contributed by atoms with Crippen LogP contribution in [-0.2, 0) is 10.2 Å². The summed E-state index contributed by atoms with van der Waals surface area (Å²) >= 11 is 0. The Bertz CT molecular complexity index is 1480. The number of benzene rings is 1. The van der Waals surface area contributed by atoms with Crippen LogP contribution in [0.3, 0.4) is 0 Å². The van der Waals surface area contributed by atoms with Crippen molar-refractivity contribution in [1.82, 2.24) is 18.6 Å². The Hall–Kier alpha value is -3.32. The molecule has 3 aromatic rings. The molecule has 1 aromatic carbocycles. The molecule has 1 aliphatic heterocycles. The molecule has 3 heterocycles. The molecule has 13 heteroatoms. The number of hydrogen-bond donors (Lipinski definition) is 1. The van der Waals surface area contributed by atoms with Gasteiger partial charge in [-0.3, -0.25) is 4.79 Å². The Kier molecular flexibility index (Phi) is 6.99. The van der Waals surface area contributed by atoms with Crippen LogP contribution in [0.1, 0.15) is 48.1 Å². The van der Waals surface area contributed by atoms with E-state index in [9.17, 15) is 22.0 Å². The highest BCUT2D eigenvalue weighted by Gasteiger charge is 2.38. The van der Waals surface area contributed by atoms with Gasteiger partial charge in [-0.1, -0.05) is 6.92 Å². The monoisotopic (exact) mass is 551 g/mol. The van der Waals surface area contributed by atoms with Crippen molar-refractivity contribution in [2.45, 2.75) is 38.4 Å². The first-order valence-corrected chi connectivity index (χ1v) is 13.8. The van der Waals surface area contributed by atoms with Crippen LogP contribution >= 0.6 is 0 Å². The van der Waals surface area contributed by atoms with E-state index in [1.807, 2.05) is 4.72 Å². The van der Waals surface area contributed by atoms with Crippen molar-refractivity contribution >= 4 is 27.3 Å². The van der Waals surface area contributed by atoms with E-state index in [0.29, 0.717) is 23.8 Å². The molecule has 5 rings (SSSR count). The molecule has 0 radical (unpaired) electrons. The van der Waals surface area contributed by atoms with Crippen molar-refractivity contribution in [2.24, 2.45) is 5.92 Å². The lowest BCUT2D eigenvalue weighted by Crippen LogP contribution is -2.41. The summed E-state index contributed by atoms with van der Waals surface area (Å²) in [6, 6.07) is 4.72. The average Bonchev–Trinajstić information content (AvgIpc) is 3.47. The minimum Gasteiger partial charge on any atom is -0.493 e. The number of nitrogens with one attached hydrogen (secondary N) is 1. The Balaban J connectivity index is 1.52. The summed E-state index contributed by atoms with van der Waals surface area (Å²) in [6.45, 7) is 2.01. The van der Waals surface area contributed by atoms with Crippen molar-refractivity contribution < 1.29 is 31.1 Å². The van der Waals surface area contributed by atoms with Gasteiger partial charge in [0.25, 0.3) is 5.91 Å². The van der Waals surface area contributed by atoms with Gasteiger partial charge in [0.05, 0.1) is 30.1 Å². The van der Waals surface area contributed by atoms with Gasteiger partial charge in [-0.05, 0) is 43.0 Å². The quantitative estimate of drug-likeness (QED) is 0.437. The van der Waals surface area contributed by atoms with Crippen molar-refractivity contribution in [2.75, 3.05) is 31.6 Å². The summed E-state index contributed by atoms with van der Waals surface area (Å²) in [4.78, 5) is 14.3. The minimum atomic E-state index is -4.15. The minimum absolute atomic E-state index is 0.0118. The molecule has 1 saturated carbocycles. The summed E-state index contributed by atoms with van der Waals surface area (Å²) in [6.07, 6.45) is 3.24. The number of carbonyl (C=O) groups excluding carboxylic acids is 1. The lowest BCUT2D eigenvalue weighted by atomic mass is 10.0. The van der Waals surface area contributed by atoms with E-state index in [2.05, 4.69) is 5.10 Å². The maximum absolute atomic E-state index is 16.0. The number of carbonyl (C=O) groups is 1. The first-order chi connectivity index (χ1) is 18.1. The second kappa shape index (κ2) is 10.1. The molecule has 2 aromatic heterocycles. The molecule has 2 aliphatic rings. The van der Waals surface area contributed by atoms with Crippen LogP contribution in [0.5, 0.6) is 5.75 Å². The largest absolute Gasteiger partial charge is 0.493 e. The summed E-state index contributed by atoms with van der Waals surface area (Å²) < 4.78 is 79.6. The van der Waals surface area contributed by atoms with Crippen LogP contribution in [0.25, 0.3) is 5.52 Å². The van der Waals surface area contributed by atoms with E-state index in [-0.39, 0.29) is 36.3 Å². The lowest BCUT2D eigenvalue weighted by molar-refractivity contribution is 0.0980. The first-order valence-electron chi connectivity index (χ1n) is 12.4. The molecule has 204 valence electrons. The fourth-order valence-electron chi connectivity index (χ4n) is 4.59.